The minimum Gasteiger partial charge on any atom is -0.299 e. The second kappa shape index (κ2) is 9.16. The Hall–Kier alpha value is -2.42. The minimum absolute atomic E-state index is 0. The first-order valence-electron chi connectivity index (χ1n) is 8.17. The molecule has 2 nitrogen and oxygen atoms in total. The molecule has 0 aromatic heterocycles. The summed E-state index contributed by atoms with van der Waals surface area (Å²) in [6.45, 7) is 2.73. The quantitative estimate of drug-likeness (QED) is 0.624. The van der Waals surface area contributed by atoms with Gasteiger partial charge in [-0.1, -0.05) is 90.5 Å². The normalized spacial score (nSPS) is 11.4. The molecule has 0 bridgehead atoms. The Morgan fingerprint density at radius 2 is 1.52 bits per heavy atom. The maximum atomic E-state index is 13.0. The first-order valence-corrected chi connectivity index (χ1v) is 8.17. The summed E-state index contributed by atoms with van der Waals surface area (Å²) in [4.78, 5) is 13.0. The SMILES string of the molecule is Cc1cccc(CNC(C(=O)c2ccccc2)c2ccccc2)c1.Cl. The fourth-order valence-corrected chi connectivity index (χ4v) is 2.82. The van der Waals surface area contributed by atoms with Crippen LogP contribution < -0.4 is 5.32 Å². The van der Waals surface area contributed by atoms with Crippen molar-refractivity contribution in [2.45, 2.75) is 19.5 Å². The van der Waals surface area contributed by atoms with Crippen molar-refractivity contribution in [1.82, 2.24) is 5.32 Å². The highest BCUT2D eigenvalue weighted by Gasteiger charge is 2.21. The lowest BCUT2D eigenvalue weighted by Gasteiger charge is -2.18. The molecule has 0 aliphatic carbocycles. The predicted octanol–water partition coefficient (Wildman–Crippen LogP) is 5.13. The molecular formula is C22H22ClNO. The van der Waals surface area contributed by atoms with E-state index in [9.17, 15) is 4.79 Å². The van der Waals surface area contributed by atoms with Gasteiger partial charge in [-0.25, -0.2) is 0 Å². The van der Waals surface area contributed by atoms with Crippen molar-refractivity contribution in [2.24, 2.45) is 0 Å². The molecule has 25 heavy (non-hydrogen) atoms. The molecule has 0 saturated heterocycles. The van der Waals surface area contributed by atoms with Gasteiger partial charge in [-0.15, -0.1) is 12.4 Å². The number of carbonyl (C=O) groups excluding carboxylic acids is 1. The van der Waals surface area contributed by atoms with Crippen LogP contribution in [0.4, 0.5) is 0 Å². The Morgan fingerprint density at radius 1 is 0.880 bits per heavy atom. The van der Waals surface area contributed by atoms with Gasteiger partial charge in [0.15, 0.2) is 5.78 Å². The molecule has 3 aromatic rings. The number of halogens is 1. The molecule has 0 aliphatic rings. The second-order valence-corrected chi connectivity index (χ2v) is 5.94. The van der Waals surface area contributed by atoms with Gasteiger partial charge in [0.1, 0.15) is 0 Å². The van der Waals surface area contributed by atoms with Crippen LogP contribution >= 0.6 is 12.4 Å². The van der Waals surface area contributed by atoms with E-state index in [1.54, 1.807) is 0 Å². The molecule has 0 heterocycles. The molecule has 0 radical (unpaired) electrons. The highest BCUT2D eigenvalue weighted by molar-refractivity contribution is 6.00. The monoisotopic (exact) mass is 351 g/mol. The molecule has 0 spiro atoms. The van der Waals surface area contributed by atoms with E-state index in [0.717, 1.165) is 11.1 Å². The van der Waals surface area contributed by atoms with Crippen LogP contribution in [0.25, 0.3) is 0 Å². The van der Waals surface area contributed by atoms with Crippen molar-refractivity contribution in [3.63, 3.8) is 0 Å². The van der Waals surface area contributed by atoms with Crippen molar-refractivity contribution < 1.29 is 4.79 Å². The summed E-state index contributed by atoms with van der Waals surface area (Å²) in [5.41, 5.74) is 4.11. The smallest absolute Gasteiger partial charge is 0.184 e. The van der Waals surface area contributed by atoms with Gasteiger partial charge in [-0.05, 0) is 18.1 Å². The molecule has 0 aliphatic heterocycles. The van der Waals surface area contributed by atoms with Crippen LogP contribution in [0.15, 0.2) is 84.9 Å². The molecule has 1 atom stereocenters. The van der Waals surface area contributed by atoms with Gasteiger partial charge in [0.05, 0.1) is 6.04 Å². The summed E-state index contributed by atoms with van der Waals surface area (Å²) in [6.07, 6.45) is 0. The number of Topliss-reactive ketones (excluding diaryl/α,β-unsaturated/α-hetero) is 1. The van der Waals surface area contributed by atoms with Crippen LogP contribution in [0.5, 0.6) is 0 Å². The van der Waals surface area contributed by atoms with Crippen molar-refractivity contribution in [3.05, 3.63) is 107 Å². The lowest BCUT2D eigenvalue weighted by molar-refractivity contribution is 0.0942. The summed E-state index contributed by atoms with van der Waals surface area (Å²) in [7, 11) is 0. The highest BCUT2D eigenvalue weighted by Crippen LogP contribution is 2.19. The number of carbonyl (C=O) groups is 1. The predicted molar refractivity (Wildman–Crippen MR) is 105 cm³/mol. The van der Waals surface area contributed by atoms with Crippen LogP contribution in [0.1, 0.15) is 33.1 Å². The van der Waals surface area contributed by atoms with E-state index >= 15 is 0 Å². The van der Waals surface area contributed by atoms with Gasteiger partial charge in [0.2, 0.25) is 0 Å². The van der Waals surface area contributed by atoms with Crippen LogP contribution in [0.3, 0.4) is 0 Å². The number of benzene rings is 3. The van der Waals surface area contributed by atoms with E-state index < -0.39 is 0 Å². The molecule has 1 N–H and O–H groups in total. The third-order valence-electron chi connectivity index (χ3n) is 4.05. The van der Waals surface area contributed by atoms with Crippen LogP contribution in [0.2, 0.25) is 0 Å². The molecule has 3 rings (SSSR count). The second-order valence-electron chi connectivity index (χ2n) is 5.94. The number of hydrogen-bond acceptors (Lipinski definition) is 2. The Kier molecular flexibility index (Phi) is 6.93. The first kappa shape index (κ1) is 18.9. The first-order chi connectivity index (χ1) is 11.7. The van der Waals surface area contributed by atoms with Crippen molar-refractivity contribution >= 4 is 18.2 Å². The van der Waals surface area contributed by atoms with E-state index in [0.29, 0.717) is 6.54 Å². The fourth-order valence-electron chi connectivity index (χ4n) is 2.82. The van der Waals surface area contributed by atoms with Gasteiger partial charge >= 0.3 is 0 Å². The molecule has 128 valence electrons. The largest absolute Gasteiger partial charge is 0.299 e. The summed E-state index contributed by atoms with van der Waals surface area (Å²) in [5, 5.41) is 3.43. The van der Waals surface area contributed by atoms with Gasteiger partial charge < -0.3 is 0 Å². The molecule has 0 amide bonds. The van der Waals surface area contributed by atoms with Crippen molar-refractivity contribution in [3.8, 4) is 0 Å². The van der Waals surface area contributed by atoms with E-state index in [1.165, 1.54) is 11.1 Å². The highest BCUT2D eigenvalue weighted by atomic mass is 35.5. The number of ketones is 1. The maximum Gasteiger partial charge on any atom is 0.184 e. The van der Waals surface area contributed by atoms with E-state index in [4.69, 9.17) is 0 Å². The van der Waals surface area contributed by atoms with Gasteiger partial charge in [0, 0.05) is 12.1 Å². The third-order valence-corrected chi connectivity index (χ3v) is 4.05. The van der Waals surface area contributed by atoms with E-state index in [2.05, 4.69) is 30.4 Å². The van der Waals surface area contributed by atoms with Crippen LogP contribution in [-0.2, 0) is 6.54 Å². The number of nitrogens with one attached hydrogen (secondary N) is 1. The van der Waals surface area contributed by atoms with E-state index in [-0.39, 0.29) is 24.2 Å². The lowest BCUT2D eigenvalue weighted by Crippen LogP contribution is -2.28. The lowest BCUT2D eigenvalue weighted by atomic mass is 9.97. The number of rotatable bonds is 6. The minimum atomic E-state index is -0.353. The number of hydrogen-bond donors (Lipinski definition) is 1. The molecular weight excluding hydrogens is 330 g/mol. The Labute approximate surface area is 155 Å². The van der Waals surface area contributed by atoms with Gasteiger partial charge in [-0.2, -0.15) is 0 Å². The number of aryl methyl sites for hydroxylation is 1. The molecule has 3 aromatic carbocycles. The van der Waals surface area contributed by atoms with Crippen molar-refractivity contribution in [1.29, 1.82) is 0 Å². The maximum absolute atomic E-state index is 13.0. The Balaban J connectivity index is 0.00000225. The average Bonchev–Trinajstić information content (AvgIpc) is 2.63. The van der Waals surface area contributed by atoms with Crippen LogP contribution in [-0.4, -0.2) is 5.78 Å². The molecule has 0 saturated carbocycles. The summed E-state index contributed by atoms with van der Waals surface area (Å²) < 4.78 is 0. The third kappa shape index (κ3) is 5.02. The van der Waals surface area contributed by atoms with Crippen molar-refractivity contribution in [2.75, 3.05) is 0 Å². The van der Waals surface area contributed by atoms with E-state index in [1.807, 2.05) is 66.7 Å². The molecule has 1 unspecified atom stereocenters. The fraction of sp³-hybridized carbons (Fsp3) is 0.136. The summed E-state index contributed by atoms with van der Waals surface area (Å²) >= 11 is 0. The molecule has 0 fully saturated rings. The standard InChI is InChI=1S/C22H21NO.ClH/c1-17-9-8-10-18(15-17)16-23-21(19-11-4-2-5-12-19)22(24)20-13-6-3-7-14-20;/h2-15,21,23H,16H2,1H3;1H. The van der Waals surface area contributed by atoms with Gasteiger partial charge in [-0.3, -0.25) is 10.1 Å². The summed E-state index contributed by atoms with van der Waals surface area (Å²) in [6, 6.07) is 27.3. The zero-order valence-electron chi connectivity index (χ0n) is 14.2. The zero-order chi connectivity index (χ0) is 16.8. The zero-order valence-corrected chi connectivity index (χ0v) is 15.0. The summed E-state index contributed by atoms with van der Waals surface area (Å²) in [5.74, 6) is 0.0921. The van der Waals surface area contributed by atoms with Gasteiger partial charge in [0.25, 0.3) is 0 Å². The topological polar surface area (TPSA) is 29.1 Å². The Morgan fingerprint density at radius 3 is 2.16 bits per heavy atom. The average molecular weight is 352 g/mol. The Bertz CT molecular complexity index is 803. The van der Waals surface area contributed by atoms with Crippen LogP contribution in [0, 0.1) is 6.92 Å². The molecule has 3 heteroatoms.